The van der Waals surface area contributed by atoms with E-state index < -0.39 is 10.0 Å². The third kappa shape index (κ3) is 3.41. The molecule has 0 radical (unpaired) electrons. The highest BCUT2D eigenvalue weighted by molar-refractivity contribution is 7.92. The summed E-state index contributed by atoms with van der Waals surface area (Å²) in [7, 11) is -2.63. The zero-order valence-corrected chi connectivity index (χ0v) is 15.2. The van der Waals surface area contributed by atoms with Gasteiger partial charge in [0.15, 0.2) is 0 Å². The minimum Gasteiger partial charge on any atom is -0.495 e. The highest BCUT2D eigenvalue weighted by Gasteiger charge is 2.24. The molecule has 0 fully saturated rings. The molecule has 3 aromatic rings. The Kier molecular flexibility index (Phi) is 4.85. The Morgan fingerprint density at radius 2 is 1.80 bits per heavy atom. The molecule has 1 heterocycles. The van der Waals surface area contributed by atoms with Crippen molar-refractivity contribution in [2.45, 2.75) is 4.90 Å². The smallest absolute Gasteiger partial charge is 0.265 e. The molecule has 0 amide bonds. The van der Waals surface area contributed by atoms with Crippen molar-refractivity contribution in [1.82, 2.24) is 14.8 Å². The van der Waals surface area contributed by atoms with Crippen molar-refractivity contribution >= 4 is 39.2 Å². The van der Waals surface area contributed by atoms with Crippen molar-refractivity contribution < 1.29 is 13.2 Å². The molecular weight excluding hydrogens is 387 g/mol. The van der Waals surface area contributed by atoms with Crippen molar-refractivity contribution in [2.75, 3.05) is 11.8 Å². The van der Waals surface area contributed by atoms with Crippen LogP contribution in [0, 0.1) is 0 Å². The Bertz CT molecular complexity index is 1010. The van der Waals surface area contributed by atoms with E-state index in [1.54, 1.807) is 12.1 Å². The molecule has 0 unspecified atom stereocenters. The summed E-state index contributed by atoms with van der Waals surface area (Å²) in [4.78, 5) is -0.192. The highest BCUT2D eigenvalue weighted by Crippen LogP contribution is 2.37. The van der Waals surface area contributed by atoms with E-state index in [1.165, 1.54) is 30.1 Å². The van der Waals surface area contributed by atoms with Crippen molar-refractivity contribution in [3.05, 3.63) is 58.8 Å². The largest absolute Gasteiger partial charge is 0.495 e. The van der Waals surface area contributed by atoms with E-state index in [-0.39, 0.29) is 26.6 Å². The fourth-order valence-electron chi connectivity index (χ4n) is 2.14. The number of hydrogen-bond donors (Lipinski definition) is 1. The molecule has 1 aromatic heterocycles. The lowest BCUT2D eigenvalue weighted by atomic mass is 10.3. The van der Waals surface area contributed by atoms with Gasteiger partial charge in [-0.25, -0.2) is 13.1 Å². The van der Waals surface area contributed by atoms with Crippen LogP contribution in [-0.2, 0) is 10.0 Å². The molecule has 0 saturated carbocycles. The maximum Gasteiger partial charge on any atom is 0.265 e. The molecule has 130 valence electrons. The normalized spacial score (nSPS) is 11.3. The number of nitrogens with one attached hydrogen (secondary N) is 1. The lowest BCUT2D eigenvalue weighted by Crippen LogP contribution is -2.16. The number of nitrogens with zero attached hydrogens (tertiary/aromatic N) is 3. The SMILES string of the molecule is COc1ccc(S(=O)(=O)Nc2nncn2-c2ccccc2)c(Cl)c1Cl. The summed E-state index contributed by atoms with van der Waals surface area (Å²) in [5.41, 5.74) is 0.698. The van der Waals surface area contributed by atoms with Gasteiger partial charge in [-0.3, -0.25) is 4.57 Å². The Labute approximate surface area is 154 Å². The summed E-state index contributed by atoms with van der Waals surface area (Å²) in [6, 6.07) is 11.8. The van der Waals surface area contributed by atoms with Crippen molar-refractivity contribution in [1.29, 1.82) is 0 Å². The standard InChI is InChI=1S/C15H12Cl2N4O3S/c1-24-11-7-8-12(14(17)13(11)16)25(22,23)20-15-19-18-9-21(15)10-5-3-2-4-6-10/h2-9H,1H3,(H,19,20). The molecule has 2 aromatic carbocycles. The molecule has 0 aliphatic heterocycles. The summed E-state index contributed by atoms with van der Waals surface area (Å²) in [5.74, 6) is 0.298. The number of ether oxygens (including phenoxy) is 1. The molecule has 0 aliphatic carbocycles. The second kappa shape index (κ2) is 6.91. The fraction of sp³-hybridized carbons (Fsp3) is 0.0667. The summed E-state index contributed by atoms with van der Waals surface area (Å²) in [5, 5.41) is 7.43. The van der Waals surface area contributed by atoms with Gasteiger partial charge in [0.25, 0.3) is 10.0 Å². The fourth-order valence-corrected chi connectivity index (χ4v) is 3.97. The van der Waals surface area contributed by atoms with Crippen LogP contribution in [0.4, 0.5) is 5.95 Å². The predicted molar refractivity (Wildman–Crippen MR) is 95.2 cm³/mol. The van der Waals surface area contributed by atoms with E-state index in [1.807, 2.05) is 18.2 Å². The number of sulfonamides is 1. The van der Waals surface area contributed by atoms with Gasteiger partial charge in [0.05, 0.1) is 17.8 Å². The van der Waals surface area contributed by atoms with Crippen molar-refractivity contribution in [3.8, 4) is 11.4 Å². The first-order valence-corrected chi connectivity index (χ1v) is 9.18. The van der Waals surface area contributed by atoms with Gasteiger partial charge in [-0.15, -0.1) is 10.2 Å². The third-order valence-corrected chi connectivity index (χ3v) is 5.68. The minimum absolute atomic E-state index is 0.0107. The molecule has 0 bridgehead atoms. The Morgan fingerprint density at radius 1 is 1.08 bits per heavy atom. The van der Waals surface area contributed by atoms with Crippen LogP contribution in [0.3, 0.4) is 0 Å². The number of halogens is 2. The second-order valence-corrected chi connectivity index (χ2v) is 7.27. The lowest BCUT2D eigenvalue weighted by molar-refractivity contribution is 0.414. The van der Waals surface area contributed by atoms with Gasteiger partial charge in [0.2, 0.25) is 5.95 Å². The Balaban J connectivity index is 1.99. The summed E-state index contributed by atoms with van der Waals surface area (Å²) in [6.07, 6.45) is 1.40. The first-order valence-electron chi connectivity index (χ1n) is 6.94. The number of benzene rings is 2. The van der Waals surface area contributed by atoms with E-state index >= 15 is 0 Å². The quantitative estimate of drug-likeness (QED) is 0.711. The summed E-state index contributed by atoms with van der Waals surface area (Å²) >= 11 is 12.1. The number of hydrogen-bond acceptors (Lipinski definition) is 5. The van der Waals surface area contributed by atoms with Crippen LogP contribution in [0.25, 0.3) is 5.69 Å². The van der Waals surface area contributed by atoms with E-state index in [2.05, 4.69) is 14.9 Å². The van der Waals surface area contributed by atoms with Gasteiger partial charge < -0.3 is 4.74 Å². The predicted octanol–water partition coefficient (Wildman–Crippen LogP) is 3.38. The second-order valence-electron chi connectivity index (χ2n) is 4.86. The number of methoxy groups -OCH3 is 1. The van der Waals surface area contributed by atoms with Gasteiger partial charge >= 0.3 is 0 Å². The molecule has 0 atom stereocenters. The molecule has 1 N–H and O–H groups in total. The first kappa shape index (κ1) is 17.5. The summed E-state index contributed by atoms with van der Waals surface area (Å²) in [6.45, 7) is 0. The van der Waals surface area contributed by atoms with Crippen LogP contribution in [0.1, 0.15) is 0 Å². The van der Waals surface area contributed by atoms with Gasteiger partial charge in [0.1, 0.15) is 22.0 Å². The van der Waals surface area contributed by atoms with Crippen molar-refractivity contribution in [2.24, 2.45) is 0 Å². The monoisotopic (exact) mass is 398 g/mol. The first-order chi connectivity index (χ1) is 11.9. The van der Waals surface area contributed by atoms with Crippen LogP contribution in [0.15, 0.2) is 53.7 Å². The molecule has 0 spiro atoms. The number of rotatable bonds is 5. The summed E-state index contributed by atoms with van der Waals surface area (Å²) < 4.78 is 34.2. The van der Waals surface area contributed by atoms with Crippen LogP contribution >= 0.6 is 23.2 Å². The lowest BCUT2D eigenvalue weighted by Gasteiger charge is -2.12. The number of anilines is 1. The topological polar surface area (TPSA) is 86.1 Å². The number of aromatic nitrogens is 3. The molecular formula is C15H12Cl2N4O3S. The van der Waals surface area contributed by atoms with Crippen LogP contribution < -0.4 is 9.46 Å². The maximum absolute atomic E-state index is 12.7. The number of para-hydroxylation sites is 1. The molecule has 0 saturated heterocycles. The Morgan fingerprint density at radius 3 is 2.48 bits per heavy atom. The molecule has 10 heteroatoms. The molecule has 0 aliphatic rings. The zero-order valence-electron chi connectivity index (χ0n) is 12.8. The van der Waals surface area contributed by atoms with E-state index in [4.69, 9.17) is 27.9 Å². The average Bonchev–Trinajstić information content (AvgIpc) is 3.05. The van der Waals surface area contributed by atoms with Crippen LogP contribution in [0.2, 0.25) is 10.0 Å². The molecule has 3 rings (SSSR count). The molecule has 7 nitrogen and oxygen atoms in total. The van der Waals surface area contributed by atoms with Crippen molar-refractivity contribution in [3.63, 3.8) is 0 Å². The minimum atomic E-state index is -4.04. The van der Waals surface area contributed by atoms with Gasteiger partial charge in [-0.1, -0.05) is 41.4 Å². The van der Waals surface area contributed by atoms with Gasteiger partial charge in [0, 0.05) is 0 Å². The average molecular weight is 399 g/mol. The van der Waals surface area contributed by atoms with E-state index in [9.17, 15) is 8.42 Å². The van der Waals surface area contributed by atoms with E-state index in [0.717, 1.165) is 0 Å². The maximum atomic E-state index is 12.7. The highest BCUT2D eigenvalue weighted by atomic mass is 35.5. The zero-order chi connectivity index (χ0) is 18.0. The van der Waals surface area contributed by atoms with Crippen LogP contribution in [0.5, 0.6) is 5.75 Å². The van der Waals surface area contributed by atoms with Crippen LogP contribution in [-0.4, -0.2) is 30.3 Å². The van der Waals surface area contributed by atoms with Gasteiger partial charge in [-0.05, 0) is 24.3 Å². The van der Waals surface area contributed by atoms with Gasteiger partial charge in [-0.2, -0.15) is 0 Å². The Hall–Kier alpha value is -2.29. The molecule has 25 heavy (non-hydrogen) atoms. The van der Waals surface area contributed by atoms with E-state index in [0.29, 0.717) is 5.69 Å². The third-order valence-electron chi connectivity index (χ3n) is 3.33.